The molecule has 0 aliphatic heterocycles. The fraction of sp³-hybridized carbons (Fsp3) is 0.333. The number of hydrogen-bond donors (Lipinski definition) is 2. The molecule has 1 aromatic carbocycles. The van der Waals surface area contributed by atoms with Gasteiger partial charge in [-0.15, -0.1) is 0 Å². The summed E-state index contributed by atoms with van der Waals surface area (Å²) in [6, 6.07) is 8.19. The average molecular weight is 308 g/mol. The second-order valence-electron chi connectivity index (χ2n) is 6.16. The van der Waals surface area contributed by atoms with E-state index >= 15 is 0 Å². The Hall–Kier alpha value is -2.40. The number of rotatable bonds is 4. The third kappa shape index (κ3) is 2.37. The molecule has 0 saturated heterocycles. The van der Waals surface area contributed by atoms with Gasteiger partial charge in [0.2, 0.25) is 0 Å². The molecule has 2 heterocycles. The lowest BCUT2D eigenvalue weighted by Crippen LogP contribution is -2.32. The molecule has 0 fully saturated rings. The van der Waals surface area contributed by atoms with Gasteiger partial charge in [-0.25, -0.2) is 4.98 Å². The summed E-state index contributed by atoms with van der Waals surface area (Å²) in [6.45, 7) is 1.36. The fourth-order valence-electron chi connectivity index (χ4n) is 3.61. The highest BCUT2D eigenvalue weighted by molar-refractivity contribution is 6.11. The summed E-state index contributed by atoms with van der Waals surface area (Å²) in [5, 5.41) is 4.44. The van der Waals surface area contributed by atoms with E-state index in [0.29, 0.717) is 13.1 Å². The van der Waals surface area contributed by atoms with E-state index in [0.717, 1.165) is 35.1 Å². The quantitative estimate of drug-likeness (QED) is 0.778. The van der Waals surface area contributed by atoms with Crippen LogP contribution in [0.3, 0.4) is 0 Å². The standard InChI is InChI=1S/C18H20N4O/c1-22-14-5-3-2-4-13(14)17-15(22)7-6-12(18(17)23)10-19-11-16-20-8-9-21-16/h2-5,8-9,12,19H,6-7,10-11H2,1H3,(H,20,21). The summed E-state index contributed by atoms with van der Waals surface area (Å²) < 4.78 is 2.18. The van der Waals surface area contributed by atoms with Crippen LogP contribution in [0.1, 0.15) is 28.3 Å². The van der Waals surface area contributed by atoms with E-state index in [9.17, 15) is 4.79 Å². The topological polar surface area (TPSA) is 62.7 Å². The molecule has 3 aromatic rings. The Kier molecular flexibility index (Phi) is 3.50. The summed E-state index contributed by atoms with van der Waals surface area (Å²) in [5.41, 5.74) is 3.26. The highest BCUT2D eigenvalue weighted by Gasteiger charge is 2.31. The molecule has 1 aliphatic rings. The number of Topliss-reactive ketones (excluding diaryl/α,β-unsaturated/α-hetero) is 1. The van der Waals surface area contributed by atoms with Crippen molar-refractivity contribution in [3.63, 3.8) is 0 Å². The minimum Gasteiger partial charge on any atom is -0.348 e. The van der Waals surface area contributed by atoms with Crippen LogP contribution in [-0.2, 0) is 20.0 Å². The van der Waals surface area contributed by atoms with Gasteiger partial charge in [0.05, 0.1) is 6.54 Å². The van der Waals surface area contributed by atoms with Crippen LogP contribution in [0.15, 0.2) is 36.7 Å². The Morgan fingerprint density at radius 3 is 3.09 bits per heavy atom. The van der Waals surface area contributed by atoms with Crippen molar-refractivity contribution in [2.75, 3.05) is 6.54 Å². The van der Waals surface area contributed by atoms with Crippen LogP contribution in [0.5, 0.6) is 0 Å². The molecule has 1 aliphatic carbocycles. The van der Waals surface area contributed by atoms with Gasteiger partial charge in [0.25, 0.3) is 0 Å². The lowest BCUT2D eigenvalue weighted by atomic mass is 9.85. The third-order valence-electron chi connectivity index (χ3n) is 4.81. The molecule has 2 N–H and O–H groups in total. The van der Waals surface area contributed by atoms with Crippen molar-refractivity contribution in [2.45, 2.75) is 19.4 Å². The molecule has 5 heteroatoms. The number of H-pyrrole nitrogens is 1. The highest BCUT2D eigenvalue weighted by atomic mass is 16.1. The van der Waals surface area contributed by atoms with E-state index in [-0.39, 0.29) is 11.7 Å². The predicted octanol–water partition coefficient (Wildman–Crippen LogP) is 2.44. The van der Waals surface area contributed by atoms with Crippen LogP contribution in [0.25, 0.3) is 10.9 Å². The number of fused-ring (bicyclic) bond motifs is 3. The first-order valence-electron chi connectivity index (χ1n) is 8.05. The Balaban J connectivity index is 1.56. The number of aryl methyl sites for hydroxylation is 1. The van der Waals surface area contributed by atoms with Crippen LogP contribution < -0.4 is 5.32 Å². The van der Waals surface area contributed by atoms with Gasteiger partial charge >= 0.3 is 0 Å². The number of imidazole rings is 1. The van der Waals surface area contributed by atoms with Crippen molar-refractivity contribution < 1.29 is 4.79 Å². The minimum atomic E-state index is 0.0447. The van der Waals surface area contributed by atoms with Gasteiger partial charge in [-0.2, -0.15) is 0 Å². The van der Waals surface area contributed by atoms with Crippen LogP contribution >= 0.6 is 0 Å². The maximum Gasteiger partial charge on any atom is 0.169 e. The summed E-state index contributed by atoms with van der Waals surface area (Å²) in [5.74, 6) is 1.22. The summed E-state index contributed by atoms with van der Waals surface area (Å²) in [7, 11) is 2.06. The normalized spacial score (nSPS) is 17.6. The highest BCUT2D eigenvalue weighted by Crippen LogP contribution is 2.33. The molecule has 1 atom stereocenters. The van der Waals surface area contributed by atoms with Crippen molar-refractivity contribution in [3.8, 4) is 0 Å². The lowest BCUT2D eigenvalue weighted by Gasteiger charge is -2.22. The first-order chi connectivity index (χ1) is 11.3. The van der Waals surface area contributed by atoms with E-state index in [1.165, 1.54) is 5.69 Å². The van der Waals surface area contributed by atoms with Gasteiger partial charge in [-0.05, 0) is 18.9 Å². The van der Waals surface area contributed by atoms with E-state index in [4.69, 9.17) is 0 Å². The van der Waals surface area contributed by atoms with Crippen molar-refractivity contribution in [1.29, 1.82) is 0 Å². The van der Waals surface area contributed by atoms with Crippen LogP contribution in [-0.4, -0.2) is 26.9 Å². The Morgan fingerprint density at radius 2 is 2.26 bits per heavy atom. The molecule has 118 valence electrons. The van der Waals surface area contributed by atoms with Gasteiger partial charge in [-0.1, -0.05) is 18.2 Å². The molecule has 2 aromatic heterocycles. The number of ketones is 1. The zero-order valence-corrected chi connectivity index (χ0v) is 13.2. The molecule has 0 bridgehead atoms. The number of benzene rings is 1. The first-order valence-corrected chi connectivity index (χ1v) is 8.05. The van der Waals surface area contributed by atoms with E-state index < -0.39 is 0 Å². The molecule has 0 saturated carbocycles. The third-order valence-corrected chi connectivity index (χ3v) is 4.81. The second-order valence-corrected chi connectivity index (χ2v) is 6.16. The number of aromatic nitrogens is 3. The molecule has 0 spiro atoms. The molecular weight excluding hydrogens is 288 g/mol. The van der Waals surface area contributed by atoms with Crippen molar-refractivity contribution in [1.82, 2.24) is 19.9 Å². The average Bonchev–Trinajstić information content (AvgIpc) is 3.18. The zero-order chi connectivity index (χ0) is 15.8. The van der Waals surface area contributed by atoms with E-state index in [1.54, 1.807) is 6.20 Å². The number of nitrogens with one attached hydrogen (secondary N) is 2. The van der Waals surface area contributed by atoms with Gasteiger partial charge in [-0.3, -0.25) is 4.79 Å². The zero-order valence-electron chi connectivity index (χ0n) is 13.2. The number of carbonyl (C=O) groups excluding carboxylic acids is 1. The fourth-order valence-corrected chi connectivity index (χ4v) is 3.61. The largest absolute Gasteiger partial charge is 0.348 e. The second kappa shape index (κ2) is 5.66. The Labute approximate surface area is 134 Å². The molecule has 23 heavy (non-hydrogen) atoms. The molecule has 5 nitrogen and oxygen atoms in total. The summed E-state index contributed by atoms with van der Waals surface area (Å²) >= 11 is 0. The Bertz CT molecular complexity index is 847. The van der Waals surface area contributed by atoms with E-state index in [1.807, 2.05) is 18.3 Å². The first kappa shape index (κ1) is 14.2. The lowest BCUT2D eigenvalue weighted by molar-refractivity contribution is 0.0901. The van der Waals surface area contributed by atoms with Crippen molar-refractivity contribution in [2.24, 2.45) is 13.0 Å². The van der Waals surface area contributed by atoms with Crippen molar-refractivity contribution in [3.05, 3.63) is 53.7 Å². The molecule has 1 unspecified atom stereocenters. The summed E-state index contributed by atoms with van der Waals surface area (Å²) in [6.07, 6.45) is 5.41. The monoisotopic (exact) mass is 308 g/mol. The van der Waals surface area contributed by atoms with E-state index in [2.05, 4.69) is 39.0 Å². The minimum absolute atomic E-state index is 0.0447. The van der Waals surface area contributed by atoms with Crippen molar-refractivity contribution >= 4 is 16.7 Å². The maximum absolute atomic E-state index is 13.0. The van der Waals surface area contributed by atoms with Crippen LogP contribution in [0.2, 0.25) is 0 Å². The van der Waals surface area contributed by atoms with Gasteiger partial charge in [0.15, 0.2) is 5.78 Å². The predicted molar refractivity (Wildman–Crippen MR) is 89.4 cm³/mol. The maximum atomic E-state index is 13.0. The Morgan fingerprint density at radius 1 is 1.39 bits per heavy atom. The number of aromatic amines is 1. The van der Waals surface area contributed by atoms with Gasteiger partial charge in [0.1, 0.15) is 5.82 Å². The molecule has 4 rings (SSSR count). The molecular formula is C18H20N4O. The number of hydrogen-bond acceptors (Lipinski definition) is 3. The SMILES string of the molecule is Cn1c2c(c3ccccc31)C(=O)C(CNCc1ncc[nH]1)CC2. The smallest absolute Gasteiger partial charge is 0.169 e. The molecule has 0 radical (unpaired) electrons. The number of para-hydroxylation sites is 1. The van der Waals surface area contributed by atoms with Crippen LogP contribution in [0, 0.1) is 5.92 Å². The van der Waals surface area contributed by atoms with Gasteiger partial charge < -0.3 is 14.9 Å². The summed E-state index contributed by atoms with van der Waals surface area (Å²) in [4.78, 5) is 20.2. The number of nitrogens with zero attached hydrogens (tertiary/aromatic N) is 2. The molecule has 0 amide bonds. The van der Waals surface area contributed by atoms with Crippen LogP contribution in [0.4, 0.5) is 0 Å². The van der Waals surface area contributed by atoms with Gasteiger partial charge in [0, 0.05) is 54.1 Å². The number of carbonyl (C=O) groups is 1.